The summed E-state index contributed by atoms with van der Waals surface area (Å²) in [4.78, 5) is 21.0. The fourth-order valence-electron chi connectivity index (χ4n) is 1.68. The molecule has 0 radical (unpaired) electrons. The van der Waals surface area contributed by atoms with Crippen molar-refractivity contribution in [3.8, 4) is 11.5 Å². The van der Waals surface area contributed by atoms with Crippen LogP contribution < -0.4 is 9.47 Å². The molecule has 0 amide bonds. The van der Waals surface area contributed by atoms with E-state index in [0.29, 0.717) is 0 Å². The van der Waals surface area contributed by atoms with E-state index in [4.69, 9.17) is 19.0 Å². The molecular formula is C13H11NO7. The number of aromatic carboxylic acids is 1. The monoisotopic (exact) mass is 293 g/mol. The maximum atomic E-state index is 10.9. The molecule has 2 aromatic rings. The van der Waals surface area contributed by atoms with Crippen molar-refractivity contribution in [3.05, 3.63) is 52.0 Å². The third-order valence-electron chi connectivity index (χ3n) is 2.69. The summed E-state index contributed by atoms with van der Waals surface area (Å²) < 4.78 is 15.4. The highest BCUT2D eigenvalue weighted by Crippen LogP contribution is 2.31. The van der Waals surface area contributed by atoms with E-state index in [9.17, 15) is 14.9 Å². The van der Waals surface area contributed by atoms with Gasteiger partial charge in [-0.3, -0.25) is 10.1 Å². The van der Waals surface area contributed by atoms with Crippen molar-refractivity contribution in [1.82, 2.24) is 0 Å². The van der Waals surface area contributed by atoms with Crippen molar-refractivity contribution >= 4 is 11.7 Å². The summed E-state index contributed by atoms with van der Waals surface area (Å²) in [5, 5.41) is 19.6. The number of nitro benzene ring substituents is 1. The highest BCUT2D eigenvalue weighted by atomic mass is 16.6. The topological polar surface area (TPSA) is 112 Å². The zero-order chi connectivity index (χ0) is 15.4. The van der Waals surface area contributed by atoms with Crippen molar-refractivity contribution in [2.75, 3.05) is 7.11 Å². The summed E-state index contributed by atoms with van der Waals surface area (Å²) in [6, 6.07) is 5.17. The molecule has 1 heterocycles. The number of benzene rings is 1. The van der Waals surface area contributed by atoms with Crippen molar-refractivity contribution < 1.29 is 28.7 Å². The molecule has 0 saturated heterocycles. The fraction of sp³-hybridized carbons (Fsp3) is 0.154. The van der Waals surface area contributed by atoms with Gasteiger partial charge >= 0.3 is 5.97 Å². The normalized spacial score (nSPS) is 10.1. The summed E-state index contributed by atoms with van der Waals surface area (Å²) in [5.74, 6) is -0.565. The van der Waals surface area contributed by atoms with Crippen LogP contribution in [0.15, 0.2) is 34.9 Å². The van der Waals surface area contributed by atoms with E-state index in [0.717, 1.165) is 0 Å². The second kappa shape index (κ2) is 5.95. The van der Waals surface area contributed by atoms with Gasteiger partial charge in [-0.05, 0) is 12.1 Å². The Hall–Kier alpha value is -3.03. The summed E-state index contributed by atoms with van der Waals surface area (Å²) in [7, 11) is 1.35. The summed E-state index contributed by atoms with van der Waals surface area (Å²) >= 11 is 0. The first-order valence-electron chi connectivity index (χ1n) is 5.78. The minimum absolute atomic E-state index is 0.00382. The number of nitrogens with zero attached hydrogens (tertiary/aromatic N) is 1. The van der Waals surface area contributed by atoms with Crippen LogP contribution in [0, 0.1) is 10.1 Å². The van der Waals surface area contributed by atoms with Crippen LogP contribution in [0.4, 0.5) is 5.69 Å². The Bertz CT molecular complexity index is 677. The molecule has 0 aliphatic rings. The van der Waals surface area contributed by atoms with E-state index >= 15 is 0 Å². The number of carboxylic acid groups (broad SMARTS) is 1. The molecule has 0 aliphatic heterocycles. The van der Waals surface area contributed by atoms with E-state index in [2.05, 4.69) is 0 Å². The van der Waals surface area contributed by atoms with Crippen LogP contribution in [-0.2, 0) is 6.61 Å². The number of methoxy groups -OCH3 is 1. The van der Waals surface area contributed by atoms with Gasteiger partial charge in [0.25, 0.3) is 5.69 Å². The van der Waals surface area contributed by atoms with Gasteiger partial charge in [0, 0.05) is 6.07 Å². The number of hydrogen-bond acceptors (Lipinski definition) is 6. The first-order chi connectivity index (χ1) is 10.0. The number of non-ortho nitro benzene ring substituents is 1. The summed E-state index contributed by atoms with van der Waals surface area (Å²) in [5.41, 5.74) is -0.140. The molecular weight excluding hydrogens is 282 g/mol. The van der Waals surface area contributed by atoms with Gasteiger partial charge in [0.05, 0.1) is 24.4 Å². The number of rotatable bonds is 6. The van der Waals surface area contributed by atoms with Crippen LogP contribution in [0.3, 0.4) is 0 Å². The highest BCUT2D eigenvalue weighted by molar-refractivity contribution is 5.88. The van der Waals surface area contributed by atoms with E-state index in [1.165, 1.54) is 37.6 Å². The fourth-order valence-corrected chi connectivity index (χ4v) is 1.68. The average molecular weight is 293 g/mol. The maximum absolute atomic E-state index is 10.9. The average Bonchev–Trinajstić information content (AvgIpc) is 2.93. The quantitative estimate of drug-likeness (QED) is 0.643. The maximum Gasteiger partial charge on any atom is 0.339 e. The molecule has 0 spiro atoms. The van der Waals surface area contributed by atoms with E-state index in [1.54, 1.807) is 0 Å². The molecule has 8 heteroatoms. The second-order valence-corrected chi connectivity index (χ2v) is 3.94. The zero-order valence-electron chi connectivity index (χ0n) is 10.9. The third-order valence-corrected chi connectivity index (χ3v) is 2.69. The van der Waals surface area contributed by atoms with Crippen LogP contribution in [0.25, 0.3) is 0 Å². The predicted molar refractivity (Wildman–Crippen MR) is 69.6 cm³/mol. The molecule has 2 rings (SSSR count). The number of ether oxygens (including phenoxy) is 2. The Morgan fingerprint density at radius 1 is 1.38 bits per heavy atom. The Morgan fingerprint density at radius 2 is 2.14 bits per heavy atom. The lowest BCUT2D eigenvalue weighted by atomic mass is 10.2. The van der Waals surface area contributed by atoms with Gasteiger partial charge in [-0.2, -0.15) is 0 Å². The van der Waals surface area contributed by atoms with Crippen LogP contribution in [-0.4, -0.2) is 23.1 Å². The van der Waals surface area contributed by atoms with Gasteiger partial charge in [0.1, 0.15) is 12.2 Å². The zero-order valence-corrected chi connectivity index (χ0v) is 10.9. The lowest BCUT2D eigenvalue weighted by Gasteiger charge is -2.09. The van der Waals surface area contributed by atoms with Crippen molar-refractivity contribution in [3.63, 3.8) is 0 Å². The molecule has 8 nitrogen and oxygen atoms in total. The van der Waals surface area contributed by atoms with Crippen molar-refractivity contribution in [1.29, 1.82) is 0 Å². The Balaban J connectivity index is 2.18. The molecule has 1 aromatic heterocycles. The largest absolute Gasteiger partial charge is 0.493 e. The molecule has 1 aromatic carbocycles. The van der Waals surface area contributed by atoms with Gasteiger partial charge in [0.2, 0.25) is 0 Å². The smallest absolute Gasteiger partial charge is 0.339 e. The third kappa shape index (κ3) is 3.11. The second-order valence-electron chi connectivity index (χ2n) is 3.94. The van der Waals surface area contributed by atoms with Crippen molar-refractivity contribution in [2.45, 2.75) is 6.61 Å². The first-order valence-corrected chi connectivity index (χ1v) is 5.78. The van der Waals surface area contributed by atoms with E-state index in [-0.39, 0.29) is 35.1 Å². The van der Waals surface area contributed by atoms with Crippen LogP contribution in [0.2, 0.25) is 0 Å². The van der Waals surface area contributed by atoms with Gasteiger partial charge < -0.3 is 19.0 Å². The SMILES string of the molecule is COc1cc([N+](=O)[O-])ccc1OCc1occc1C(=O)O. The number of carboxylic acids is 1. The Labute approximate surface area is 118 Å². The molecule has 0 fully saturated rings. The number of furan rings is 1. The lowest BCUT2D eigenvalue weighted by Crippen LogP contribution is -2.03. The molecule has 0 atom stereocenters. The standard InChI is InChI=1S/C13H11NO7/c1-19-11-6-8(14(17)18)2-3-10(11)21-7-12-9(13(15)16)4-5-20-12/h2-6H,7H2,1H3,(H,15,16). The summed E-state index contributed by atoms with van der Waals surface area (Å²) in [6.07, 6.45) is 1.25. The van der Waals surface area contributed by atoms with Crippen molar-refractivity contribution in [2.24, 2.45) is 0 Å². The van der Waals surface area contributed by atoms with Gasteiger partial charge in [-0.1, -0.05) is 0 Å². The highest BCUT2D eigenvalue weighted by Gasteiger charge is 2.16. The molecule has 21 heavy (non-hydrogen) atoms. The van der Waals surface area contributed by atoms with Gasteiger partial charge in [-0.25, -0.2) is 4.79 Å². The number of carbonyl (C=O) groups is 1. The van der Waals surface area contributed by atoms with Gasteiger partial charge in [-0.15, -0.1) is 0 Å². The molecule has 1 N–H and O–H groups in total. The minimum Gasteiger partial charge on any atom is -0.493 e. The van der Waals surface area contributed by atoms with Crippen LogP contribution >= 0.6 is 0 Å². The predicted octanol–water partition coefficient (Wildman–Crippen LogP) is 2.47. The molecule has 0 saturated carbocycles. The molecule has 0 unspecified atom stereocenters. The summed E-state index contributed by atoms with van der Waals surface area (Å²) in [6.45, 7) is -0.136. The van der Waals surface area contributed by atoms with E-state index < -0.39 is 10.9 Å². The van der Waals surface area contributed by atoms with Gasteiger partial charge in [0.15, 0.2) is 17.3 Å². The minimum atomic E-state index is -1.13. The number of nitro groups is 1. The molecule has 110 valence electrons. The Morgan fingerprint density at radius 3 is 2.76 bits per heavy atom. The van der Waals surface area contributed by atoms with Crippen LogP contribution in [0.5, 0.6) is 11.5 Å². The first kappa shape index (κ1) is 14.4. The Kier molecular flexibility index (Phi) is 4.07. The lowest BCUT2D eigenvalue weighted by molar-refractivity contribution is -0.385. The molecule has 0 bridgehead atoms. The van der Waals surface area contributed by atoms with Crippen LogP contribution in [0.1, 0.15) is 16.1 Å². The number of hydrogen-bond donors (Lipinski definition) is 1. The van der Waals surface area contributed by atoms with E-state index in [1.807, 2.05) is 0 Å². The molecule has 0 aliphatic carbocycles.